The van der Waals surface area contributed by atoms with Gasteiger partial charge >= 0.3 is 5.97 Å². The lowest BCUT2D eigenvalue weighted by Crippen LogP contribution is -2.42. The van der Waals surface area contributed by atoms with Crippen LogP contribution in [0.15, 0.2) is 24.5 Å². The van der Waals surface area contributed by atoms with Crippen LogP contribution in [0, 0.1) is 0 Å². The van der Waals surface area contributed by atoms with E-state index in [9.17, 15) is 4.79 Å². The Morgan fingerprint density at radius 1 is 1.69 bits per heavy atom. The summed E-state index contributed by atoms with van der Waals surface area (Å²) >= 11 is 0. The van der Waals surface area contributed by atoms with Gasteiger partial charge in [0.05, 0.1) is 7.11 Å². The Bertz CT molecular complexity index is 296. The number of aromatic nitrogens is 1. The summed E-state index contributed by atoms with van der Waals surface area (Å²) in [6.07, 6.45) is 3.17. The number of rotatable bonds is 2. The molecule has 4 heteroatoms. The molecule has 2 N–H and O–H groups in total. The molecule has 0 saturated carbocycles. The average Bonchev–Trinajstić information content (AvgIpc) is 2.18. The number of ether oxygens (including phenoxy) is 1. The van der Waals surface area contributed by atoms with Crippen LogP contribution in [0.2, 0.25) is 0 Å². The van der Waals surface area contributed by atoms with Gasteiger partial charge in [0.15, 0.2) is 0 Å². The van der Waals surface area contributed by atoms with E-state index in [0.29, 0.717) is 5.56 Å². The first-order valence-corrected chi connectivity index (χ1v) is 3.87. The van der Waals surface area contributed by atoms with Crippen molar-refractivity contribution in [2.45, 2.75) is 12.5 Å². The second-order valence-electron chi connectivity index (χ2n) is 2.94. The summed E-state index contributed by atoms with van der Waals surface area (Å²) in [5.74, 6) is -0.472. The first-order chi connectivity index (χ1) is 6.09. The van der Waals surface area contributed by atoms with Gasteiger partial charge in [0.25, 0.3) is 0 Å². The Labute approximate surface area is 76.7 Å². The zero-order chi connectivity index (χ0) is 9.90. The molecular weight excluding hydrogens is 168 g/mol. The smallest absolute Gasteiger partial charge is 0.330 e. The van der Waals surface area contributed by atoms with E-state index in [1.807, 2.05) is 0 Å². The molecule has 0 aliphatic carbocycles. The maximum absolute atomic E-state index is 11.3. The van der Waals surface area contributed by atoms with E-state index in [2.05, 4.69) is 9.72 Å². The lowest BCUT2D eigenvalue weighted by molar-refractivity contribution is -0.146. The van der Waals surface area contributed by atoms with E-state index in [1.54, 1.807) is 31.5 Å². The number of methoxy groups -OCH3 is 1. The number of nitrogens with two attached hydrogens (primary N) is 1. The third kappa shape index (κ3) is 1.84. The van der Waals surface area contributed by atoms with Gasteiger partial charge in [-0.1, -0.05) is 6.07 Å². The minimum Gasteiger partial charge on any atom is -0.467 e. The molecule has 0 bridgehead atoms. The van der Waals surface area contributed by atoms with E-state index < -0.39 is 11.5 Å². The zero-order valence-corrected chi connectivity index (χ0v) is 7.65. The minimum atomic E-state index is -1.12. The fourth-order valence-electron chi connectivity index (χ4n) is 1.000. The molecule has 0 aromatic carbocycles. The highest BCUT2D eigenvalue weighted by Gasteiger charge is 2.31. The van der Waals surface area contributed by atoms with Gasteiger partial charge in [-0.15, -0.1) is 0 Å². The fourth-order valence-corrected chi connectivity index (χ4v) is 1.000. The highest BCUT2D eigenvalue weighted by atomic mass is 16.5. The van der Waals surface area contributed by atoms with Crippen LogP contribution in [0.5, 0.6) is 0 Å². The van der Waals surface area contributed by atoms with E-state index in [0.717, 1.165) is 0 Å². The zero-order valence-electron chi connectivity index (χ0n) is 7.65. The Morgan fingerprint density at radius 3 is 2.85 bits per heavy atom. The molecule has 1 aromatic rings. The molecule has 1 aromatic heterocycles. The van der Waals surface area contributed by atoms with Crippen molar-refractivity contribution in [2.24, 2.45) is 5.73 Å². The average molecular weight is 180 g/mol. The van der Waals surface area contributed by atoms with Gasteiger partial charge in [0.2, 0.25) is 0 Å². The predicted octanol–water partition coefficient (Wildman–Crippen LogP) is 0.428. The Hall–Kier alpha value is -1.42. The molecule has 0 saturated heterocycles. The predicted molar refractivity (Wildman–Crippen MR) is 47.8 cm³/mol. The number of hydrogen-bond acceptors (Lipinski definition) is 4. The molecule has 1 heterocycles. The van der Waals surface area contributed by atoms with Crippen molar-refractivity contribution < 1.29 is 9.53 Å². The van der Waals surface area contributed by atoms with Crippen LogP contribution in [0.4, 0.5) is 0 Å². The molecule has 0 spiro atoms. The van der Waals surface area contributed by atoms with E-state index in [1.165, 1.54) is 7.11 Å². The molecule has 0 unspecified atom stereocenters. The summed E-state index contributed by atoms with van der Waals surface area (Å²) < 4.78 is 4.58. The van der Waals surface area contributed by atoms with Gasteiger partial charge in [0, 0.05) is 18.0 Å². The van der Waals surface area contributed by atoms with Crippen molar-refractivity contribution in [1.82, 2.24) is 4.98 Å². The third-order valence-electron chi connectivity index (χ3n) is 1.87. The summed E-state index contributed by atoms with van der Waals surface area (Å²) in [5.41, 5.74) is 5.30. The van der Waals surface area contributed by atoms with Crippen LogP contribution in [0.25, 0.3) is 0 Å². The number of esters is 1. The third-order valence-corrected chi connectivity index (χ3v) is 1.87. The molecule has 13 heavy (non-hydrogen) atoms. The maximum Gasteiger partial charge on any atom is 0.330 e. The standard InChI is InChI=1S/C9H12N2O2/c1-9(10,8(12)13-2)7-4-3-5-11-6-7/h3-6H,10H2,1-2H3/t9-/m1/s1. The monoisotopic (exact) mass is 180 g/mol. The Balaban J connectivity index is 3.00. The molecule has 1 rings (SSSR count). The number of hydrogen-bond donors (Lipinski definition) is 1. The van der Waals surface area contributed by atoms with Gasteiger partial charge < -0.3 is 10.5 Å². The van der Waals surface area contributed by atoms with E-state index in [-0.39, 0.29) is 0 Å². The summed E-state index contributed by atoms with van der Waals surface area (Å²) in [4.78, 5) is 15.1. The SMILES string of the molecule is COC(=O)[C@](C)(N)c1cccnc1. The lowest BCUT2D eigenvalue weighted by Gasteiger charge is -2.20. The molecule has 0 radical (unpaired) electrons. The van der Waals surface area contributed by atoms with Crippen molar-refractivity contribution in [3.63, 3.8) is 0 Å². The summed E-state index contributed by atoms with van der Waals surface area (Å²) in [5, 5.41) is 0. The maximum atomic E-state index is 11.3. The second kappa shape index (κ2) is 3.53. The molecule has 70 valence electrons. The molecule has 4 nitrogen and oxygen atoms in total. The topological polar surface area (TPSA) is 65.2 Å². The highest BCUT2D eigenvalue weighted by molar-refractivity contribution is 5.81. The van der Waals surface area contributed by atoms with Crippen molar-refractivity contribution in [3.05, 3.63) is 30.1 Å². The van der Waals surface area contributed by atoms with Crippen molar-refractivity contribution in [1.29, 1.82) is 0 Å². The van der Waals surface area contributed by atoms with Crippen molar-refractivity contribution >= 4 is 5.97 Å². The van der Waals surface area contributed by atoms with Gasteiger partial charge in [0.1, 0.15) is 5.54 Å². The minimum absolute atomic E-state index is 0.472. The number of carbonyl (C=O) groups excluding carboxylic acids is 1. The largest absolute Gasteiger partial charge is 0.467 e. The summed E-state index contributed by atoms with van der Waals surface area (Å²) in [6.45, 7) is 1.59. The fraction of sp³-hybridized carbons (Fsp3) is 0.333. The highest BCUT2D eigenvalue weighted by Crippen LogP contribution is 2.17. The van der Waals surface area contributed by atoms with Gasteiger partial charge in [-0.2, -0.15) is 0 Å². The molecule has 0 aliphatic heterocycles. The second-order valence-corrected chi connectivity index (χ2v) is 2.94. The first-order valence-electron chi connectivity index (χ1n) is 3.87. The van der Waals surface area contributed by atoms with Crippen LogP contribution in [-0.4, -0.2) is 18.1 Å². The number of carbonyl (C=O) groups is 1. The van der Waals surface area contributed by atoms with Crippen LogP contribution in [0.1, 0.15) is 12.5 Å². The van der Waals surface area contributed by atoms with Crippen LogP contribution in [-0.2, 0) is 15.1 Å². The van der Waals surface area contributed by atoms with Gasteiger partial charge in [-0.25, -0.2) is 4.79 Å². The Morgan fingerprint density at radius 2 is 2.38 bits per heavy atom. The Kier molecular flexibility index (Phi) is 2.63. The molecule has 1 atom stereocenters. The lowest BCUT2D eigenvalue weighted by atomic mass is 9.95. The molecular formula is C9H12N2O2. The molecule has 0 amide bonds. The number of pyridine rings is 1. The molecule has 0 fully saturated rings. The summed E-state index contributed by atoms with van der Waals surface area (Å²) in [7, 11) is 1.31. The normalized spacial score (nSPS) is 14.7. The van der Waals surface area contributed by atoms with Crippen molar-refractivity contribution in [2.75, 3.05) is 7.11 Å². The first kappa shape index (κ1) is 9.67. The van der Waals surface area contributed by atoms with Crippen molar-refractivity contribution in [3.8, 4) is 0 Å². The van der Waals surface area contributed by atoms with E-state index >= 15 is 0 Å². The molecule has 0 aliphatic rings. The van der Waals surface area contributed by atoms with Gasteiger partial charge in [-0.05, 0) is 13.0 Å². The van der Waals surface area contributed by atoms with E-state index in [4.69, 9.17) is 5.73 Å². The van der Waals surface area contributed by atoms with Crippen LogP contribution >= 0.6 is 0 Å². The van der Waals surface area contributed by atoms with Crippen LogP contribution < -0.4 is 5.73 Å². The quantitative estimate of drug-likeness (QED) is 0.670. The van der Waals surface area contributed by atoms with Crippen LogP contribution in [0.3, 0.4) is 0 Å². The number of nitrogens with zero attached hydrogens (tertiary/aromatic N) is 1. The van der Waals surface area contributed by atoms with Gasteiger partial charge in [-0.3, -0.25) is 4.98 Å². The summed E-state index contributed by atoms with van der Waals surface area (Å²) in [6, 6.07) is 3.47.